The molecule has 0 amide bonds. The van der Waals surface area contributed by atoms with Gasteiger partial charge in [0.25, 0.3) is 0 Å². The number of nitrogens with zero attached hydrogens (tertiary/aromatic N) is 1. The molecule has 3 rings (SSSR count). The van der Waals surface area contributed by atoms with Crippen molar-refractivity contribution in [2.75, 3.05) is 0 Å². The van der Waals surface area contributed by atoms with Crippen LogP contribution in [0.1, 0.15) is 37.8 Å². The van der Waals surface area contributed by atoms with Crippen molar-refractivity contribution in [3.63, 3.8) is 0 Å². The molecule has 76 valence electrons. The van der Waals surface area contributed by atoms with Crippen LogP contribution in [0.2, 0.25) is 0 Å². The lowest BCUT2D eigenvalue weighted by molar-refractivity contribution is 0.324. The van der Waals surface area contributed by atoms with Gasteiger partial charge < -0.3 is 10.3 Å². The van der Waals surface area contributed by atoms with E-state index in [2.05, 4.69) is 15.3 Å². The van der Waals surface area contributed by atoms with Gasteiger partial charge in [-0.25, -0.2) is 4.98 Å². The highest BCUT2D eigenvalue weighted by Gasteiger charge is 2.44. The van der Waals surface area contributed by atoms with E-state index in [1.165, 1.54) is 37.8 Å². The van der Waals surface area contributed by atoms with Crippen molar-refractivity contribution in [2.45, 2.75) is 44.2 Å². The summed E-state index contributed by atoms with van der Waals surface area (Å²) in [6.07, 6.45) is 10.7. The molecule has 2 saturated carbocycles. The topological polar surface area (TPSA) is 40.7 Å². The Morgan fingerprint density at radius 2 is 2.36 bits per heavy atom. The summed E-state index contributed by atoms with van der Waals surface area (Å²) in [5.74, 6) is 1.02. The first kappa shape index (κ1) is 8.48. The van der Waals surface area contributed by atoms with Crippen LogP contribution in [0.3, 0.4) is 0 Å². The lowest BCUT2D eigenvalue weighted by atomic mass is 9.94. The van der Waals surface area contributed by atoms with Gasteiger partial charge in [0.15, 0.2) is 0 Å². The van der Waals surface area contributed by atoms with Crippen molar-refractivity contribution in [2.24, 2.45) is 5.92 Å². The molecule has 2 N–H and O–H groups in total. The maximum Gasteiger partial charge on any atom is 0.0922 e. The van der Waals surface area contributed by atoms with Crippen molar-refractivity contribution < 1.29 is 0 Å². The van der Waals surface area contributed by atoms with E-state index in [4.69, 9.17) is 0 Å². The van der Waals surface area contributed by atoms with E-state index < -0.39 is 0 Å². The van der Waals surface area contributed by atoms with Crippen molar-refractivity contribution in [1.82, 2.24) is 15.3 Å². The fraction of sp³-hybridized carbons (Fsp3) is 0.727. The molecule has 1 aromatic rings. The lowest BCUT2D eigenvalue weighted by Gasteiger charge is -2.27. The number of rotatable bonds is 3. The number of aromatic nitrogens is 2. The van der Waals surface area contributed by atoms with E-state index in [0.717, 1.165) is 12.5 Å². The first-order valence-corrected chi connectivity index (χ1v) is 5.59. The van der Waals surface area contributed by atoms with Gasteiger partial charge >= 0.3 is 0 Å². The molecule has 1 heterocycles. The number of imidazole rings is 1. The van der Waals surface area contributed by atoms with Crippen molar-refractivity contribution >= 4 is 0 Å². The van der Waals surface area contributed by atoms with Crippen LogP contribution < -0.4 is 5.32 Å². The third kappa shape index (κ3) is 1.36. The van der Waals surface area contributed by atoms with Crippen LogP contribution in [0.25, 0.3) is 0 Å². The molecule has 2 aliphatic rings. The number of aromatic amines is 1. The van der Waals surface area contributed by atoms with Crippen LogP contribution in [0.5, 0.6) is 0 Å². The van der Waals surface area contributed by atoms with Gasteiger partial charge in [-0.05, 0) is 38.0 Å². The molecule has 1 aromatic heterocycles. The van der Waals surface area contributed by atoms with Crippen LogP contribution >= 0.6 is 0 Å². The van der Waals surface area contributed by atoms with E-state index in [0.29, 0.717) is 5.54 Å². The molecule has 14 heavy (non-hydrogen) atoms. The average Bonchev–Trinajstić information content (AvgIpc) is 2.93. The Labute approximate surface area is 84.3 Å². The van der Waals surface area contributed by atoms with Crippen LogP contribution in [0.15, 0.2) is 12.5 Å². The zero-order valence-electron chi connectivity index (χ0n) is 8.42. The molecule has 2 bridgehead atoms. The second kappa shape index (κ2) is 3.09. The second-order valence-corrected chi connectivity index (χ2v) is 4.86. The van der Waals surface area contributed by atoms with Crippen LogP contribution in [0.4, 0.5) is 0 Å². The molecule has 0 spiro atoms. The van der Waals surface area contributed by atoms with Gasteiger partial charge in [0, 0.05) is 24.0 Å². The first-order chi connectivity index (χ1) is 6.86. The molecule has 2 aliphatic carbocycles. The molecule has 0 atom stereocenters. The molecule has 0 radical (unpaired) electrons. The van der Waals surface area contributed by atoms with E-state index in [1.807, 2.05) is 6.20 Å². The Morgan fingerprint density at radius 1 is 1.50 bits per heavy atom. The molecule has 3 heteroatoms. The highest BCUT2D eigenvalue weighted by Crippen LogP contribution is 2.47. The summed E-state index contributed by atoms with van der Waals surface area (Å²) >= 11 is 0. The standard InChI is InChI=1S/C11H17N3/c1-3-11(4-2-9(1)5-11)14-7-10-6-12-8-13-10/h6,8-9,14H,1-5,7H2,(H,12,13). The van der Waals surface area contributed by atoms with Crippen molar-refractivity contribution in [1.29, 1.82) is 0 Å². The zero-order valence-corrected chi connectivity index (χ0v) is 8.42. The third-order valence-electron chi connectivity index (χ3n) is 3.95. The van der Waals surface area contributed by atoms with Gasteiger partial charge in [-0.15, -0.1) is 0 Å². The minimum absolute atomic E-state index is 0.482. The smallest absolute Gasteiger partial charge is 0.0922 e. The van der Waals surface area contributed by atoms with Crippen molar-refractivity contribution in [3.8, 4) is 0 Å². The summed E-state index contributed by atoms with van der Waals surface area (Å²) < 4.78 is 0. The Hall–Kier alpha value is -0.830. The van der Waals surface area contributed by atoms with Crippen LogP contribution in [0, 0.1) is 5.92 Å². The fourth-order valence-electron chi connectivity index (χ4n) is 3.10. The maximum atomic E-state index is 4.03. The highest BCUT2D eigenvalue weighted by molar-refractivity contribution is 5.04. The Kier molecular flexibility index (Phi) is 1.87. The van der Waals surface area contributed by atoms with E-state index >= 15 is 0 Å². The van der Waals surface area contributed by atoms with Crippen LogP contribution in [-0.4, -0.2) is 15.5 Å². The number of fused-ring (bicyclic) bond motifs is 2. The fourth-order valence-corrected chi connectivity index (χ4v) is 3.10. The van der Waals surface area contributed by atoms with E-state index in [-0.39, 0.29) is 0 Å². The number of H-pyrrole nitrogens is 1. The largest absolute Gasteiger partial charge is 0.347 e. The van der Waals surface area contributed by atoms with Gasteiger partial charge in [0.2, 0.25) is 0 Å². The zero-order chi connectivity index (χ0) is 9.43. The Balaban J connectivity index is 1.62. The van der Waals surface area contributed by atoms with E-state index in [1.54, 1.807) is 6.33 Å². The van der Waals surface area contributed by atoms with E-state index in [9.17, 15) is 0 Å². The lowest BCUT2D eigenvalue weighted by Crippen LogP contribution is -2.40. The van der Waals surface area contributed by atoms with Crippen molar-refractivity contribution in [3.05, 3.63) is 18.2 Å². The third-order valence-corrected chi connectivity index (χ3v) is 3.95. The summed E-state index contributed by atoms with van der Waals surface area (Å²) in [6, 6.07) is 0. The Morgan fingerprint density at radius 3 is 2.93 bits per heavy atom. The summed E-state index contributed by atoms with van der Waals surface area (Å²) in [5.41, 5.74) is 1.69. The van der Waals surface area contributed by atoms with Gasteiger partial charge in [0.1, 0.15) is 0 Å². The minimum Gasteiger partial charge on any atom is -0.347 e. The van der Waals surface area contributed by atoms with Gasteiger partial charge in [-0.1, -0.05) is 0 Å². The average molecular weight is 191 g/mol. The van der Waals surface area contributed by atoms with Gasteiger partial charge in [-0.3, -0.25) is 0 Å². The monoisotopic (exact) mass is 191 g/mol. The van der Waals surface area contributed by atoms with Gasteiger partial charge in [-0.2, -0.15) is 0 Å². The summed E-state index contributed by atoms with van der Waals surface area (Å²) in [7, 11) is 0. The molecule has 0 aliphatic heterocycles. The number of hydrogen-bond acceptors (Lipinski definition) is 2. The normalized spacial score (nSPS) is 35.3. The van der Waals surface area contributed by atoms with Gasteiger partial charge in [0.05, 0.1) is 6.33 Å². The number of hydrogen-bond donors (Lipinski definition) is 2. The summed E-state index contributed by atoms with van der Waals surface area (Å²) in [4.78, 5) is 7.17. The summed E-state index contributed by atoms with van der Waals surface area (Å²) in [6.45, 7) is 0.951. The molecule has 3 nitrogen and oxygen atoms in total. The highest BCUT2D eigenvalue weighted by atomic mass is 15.0. The predicted octanol–water partition coefficient (Wildman–Crippen LogP) is 1.83. The maximum absolute atomic E-state index is 4.03. The molecular weight excluding hydrogens is 174 g/mol. The molecule has 0 aromatic carbocycles. The minimum atomic E-state index is 0.482. The molecular formula is C11H17N3. The molecule has 2 fully saturated rings. The quantitative estimate of drug-likeness (QED) is 0.765. The Bertz CT molecular complexity index is 296. The summed E-state index contributed by atoms with van der Waals surface area (Å²) in [5, 5.41) is 3.72. The van der Waals surface area contributed by atoms with Crippen LogP contribution in [-0.2, 0) is 6.54 Å². The first-order valence-electron chi connectivity index (χ1n) is 5.59. The number of nitrogens with one attached hydrogen (secondary N) is 2. The SMILES string of the molecule is c1ncc(CNC23CCC(CC2)C3)[nH]1. The predicted molar refractivity (Wildman–Crippen MR) is 54.7 cm³/mol. The molecule has 0 saturated heterocycles. The second-order valence-electron chi connectivity index (χ2n) is 4.86. The molecule has 0 unspecified atom stereocenters.